The highest BCUT2D eigenvalue weighted by Crippen LogP contribution is 2.33. The van der Waals surface area contributed by atoms with Crippen molar-refractivity contribution in [1.29, 1.82) is 0 Å². The third-order valence-corrected chi connectivity index (χ3v) is 4.56. The number of rotatable bonds is 1. The van der Waals surface area contributed by atoms with E-state index in [0.717, 1.165) is 34.7 Å². The lowest BCUT2D eigenvalue weighted by Crippen LogP contribution is -2.17. The number of nitrogens with one attached hydrogen (secondary N) is 1. The summed E-state index contributed by atoms with van der Waals surface area (Å²) in [5.41, 5.74) is 7.69. The number of aromatic nitrogens is 6. The molecule has 0 saturated carbocycles. The Bertz CT molecular complexity index is 1050. The second-order valence-corrected chi connectivity index (χ2v) is 6.18. The zero-order valence-corrected chi connectivity index (χ0v) is 13.5. The van der Waals surface area contributed by atoms with Gasteiger partial charge in [0.25, 0.3) is 0 Å². The molecule has 6 nitrogen and oxygen atoms in total. The van der Waals surface area contributed by atoms with Gasteiger partial charge in [-0.1, -0.05) is 12.1 Å². The molecule has 0 aliphatic carbocycles. The van der Waals surface area contributed by atoms with Gasteiger partial charge in [-0.15, -0.1) is 0 Å². The lowest BCUT2D eigenvalue weighted by molar-refractivity contribution is 0.691. The van der Waals surface area contributed by atoms with Gasteiger partial charge in [0.15, 0.2) is 5.82 Å². The summed E-state index contributed by atoms with van der Waals surface area (Å²) in [6.45, 7) is 4.09. The molecular formula is C18H16N6. The van der Waals surface area contributed by atoms with Crippen LogP contribution in [0, 0.1) is 13.8 Å². The first-order valence-corrected chi connectivity index (χ1v) is 7.93. The van der Waals surface area contributed by atoms with E-state index in [1.807, 2.05) is 31.7 Å². The maximum Gasteiger partial charge on any atom is 0.180 e. The fourth-order valence-electron chi connectivity index (χ4n) is 3.30. The molecule has 5 rings (SSSR count). The van der Waals surface area contributed by atoms with E-state index in [1.54, 1.807) is 0 Å². The Kier molecular flexibility index (Phi) is 2.59. The van der Waals surface area contributed by atoms with Crippen LogP contribution in [0.2, 0.25) is 0 Å². The minimum atomic E-state index is 0.672. The van der Waals surface area contributed by atoms with Gasteiger partial charge in [0.2, 0.25) is 0 Å². The van der Waals surface area contributed by atoms with Crippen molar-refractivity contribution in [1.82, 2.24) is 29.3 Å². The van der Waals surface area contributed by atoms with Gasteiger partial charge in [0.05, 0.1) is 28.5 Å². The molecule has 0 atom stereocenters. The first-order chi connectivity index (χ1) is 11.7. The van der Waals surface area contributed by atoms with E-state index in [1.165, 1.54) is 11.4 Å². The number of benzene rings is 1. The van der Waals surface area contributed by atoms with Crippen LogP contribution in [-0.2, 0) is 6.42 Å². The van der Waals surface area contributed by atoms with E-state index < -0.39 is 0 Å². The molecule has 1 N–H and O–H groups in total. The molecule has 3 aromatic heterocycles. The number of hydrogen-bond donors (Lipinski definition) is 1. The van der Waals surface area contributed by atoms with Crippen LogP contribution >= 0.6 is 0 Å². The molecule has 4 aromatic rings. The van der Waals surface area contributed by atoms with E-state index in [0.29, 0.717) is 5.82 Å². The number of para-hydroxylation sites is 2. The highest BCUT2D eigenvalue weighted by atomic mass is 15.3. The predicted octanol–water partition coefficient (Wildman–Crippen LogP) is 2.97. The lowest BCUT2D eigenvalue weighted by atomic mass is 10.1. The van der Waals surface area contributed by atoms with Crippen molar-refractivity contribution in [3.8, 4) is 22.9 Å². The van der Waals surface area contributed by atoms with Crippen LogP contribution in [0.4, 0.5) is 0 Å². The minimum absolute atomic E-state index is 0.672. The third-order valence-electron chi connectivity index (χ3n) is 4.56. The first-order valence-electron chi connectivity index (χ1n) is 7.93. The molecule has 1 aliphatic heterocycles. The molecule has 0 amide bonds. The first kappa shape index (κ1) is 13.3. The van der Waals surface area contributed by atoms with Crippen molar-refractivity contribution in [3.63, 3.8) is 0 Å². The van der Waals surface area contributed by atoms with Crippen LogP contribution in [0.25, 0.3) is 22.9 Å². The zero-order chi connectivity index (χ0) is 16.3. The Morgan fingerprint density at radius 3 is 2.46 bits per heavy atom. The largest absolute Gasteiger partial charge is 0.300 e. The summed E-state index contributed by atoms with van der Waals surface area (Å²) >= 11 is 0. The molecule has 24 heavy (non-hydrogen) atoms. The quantitative estimate of drug-likeness (QED) is 0.517. The van der Waals surface area contributed by atoms with Crippen molar-refractivity contribution < 1.29 is 0 Å². The number of hydrogen-bond acceptors (Lipinski definition) is 3. The van der Waals surface area contributed by atoms with Gasteiger partial charge in [0, 0.05) is 18.8 Å². The standard InChI is InChI=1S/C18H16N6/c1-11-8-19-18(20-9-11)17-16-7-15-12(2)22-24(15)14-6-4-3-5-13(14)23(16)10-21-17/h3-6,8-10,22H,7H2,1-2H3. The lowest BCUT2D eigenvalue weighted by Gasteiger charge is -2.20. The van der Waals surface area contributed by atoms with E-state index in [2.05, 4.69) is 54.4 Å². The van der Waals surface area contributed by atoms with Crippen molar-refractivity contribution in [2.75, 3.05) is 0 Å². The van der Waals surface area contributed by atoms with Crippen LogP contribution < -0.4 is 0 Å². The number of nitrogens with zero attached hydrogens (tertiary/aromatic N) is 5. The second-order valence-electron chi connectivity index (χ2n) is 6.18. The fraction of sp³-hybridized carbons (Fsp3) is 0.167. The van der Waals surface area contributed by atoms with Crippen molar-refractivity contribution >= 4 is 0 Å². The summed E-state index contributed by atoms with van der Waals surface area (Å²) in [5.74, 6) is 0.672. The molecule has 4 heterocycles. The molecule has 1 aliphatic rings. The summed E-state index contributed by atoms with van der Waals surface area (Å²) in [6.07, 6.45) is 6.33. The number of imidazole rings is 1. The van der Waals surface area contributed by atoms with Gasteiger partial charge in [-0.3, -0.25) is 14.3 Å². The van der Waals surface area contributed by atoms with Crippen LogP contribution in [0.3, 0.4) is 0 Å². The summed E-state index contributed by atoms with van der Waals surface area (Å²) < 4.78 is 4.30. The Labute approximate surface area is 138 Å². The van der Waals surface area contributed by atoms with Crippen molar-refractivity contribution in [2.45, 2.75) is 20.3 Å². The molecule has 1 aromatic carbocycles. The summed E-state index contributed by atoms with van der Waals surface area (Å²) in [5, 5.41) is 3.38. The molecule has 118 valence electrons. The normalized spacial score (nSPS) is 12.4. The average Bonchev–Trinajstić information content (AvgIpc) is 2.97. The topological polar surface area (TPSA) is 64.3 Å². The minimum Gasteiger partial charge on any atom is -0.300 e. The molecule has 0 unspecified atom stereocenters. The van der Waals surface area contributed by atoms with Crippen LogP contribution in [0.1, 0.15) is 22.6 Å². The maximum atomic E-state index is 4.62. The van der Waals surface area contributed by atoms with E-state index >= 15 is 0 Å². The summed E-state index contributed by atoms with van der Waals surface area (Å²) in [6, 6.07) is 8.33. The van der Waals surface area contributed by atoms with Crippen LogP contribution in [-0.4, -0.2) is 29.3 Å². The Morgan fingerprint density at radius 1 is 0.958 bits per heavy atom. The van der Waals surface area contributed by atoms with Crippen molar-refractivity contribution in [2.24, 2.45) is 0 Å². The number of H-pyrrole nitrogens is 1. The summed E-state index contributed by atoms with van der Waals surface area (Å²) in [4.78, 5) is 13.6. The highest BCUT2D eigenvalue weighted by Gasteiger charge is 2.26. The van der Waals surface area contributed by atoms with E-state index in [4.69, 9.17) is 0 Å². The smallest absolute Gasteiger partial charge is 0.180 e. The third kappa shape index (κ3) is 1.73. The molecule has 0 spiro atoms. The van der Waals surface area contributed by atoms with Gasteiger partial charge < -0.3 is 0 Å². The number of aromatic amines is 1. The molecule has 6 heteroatoms. The zero-order valence-electron chi connectivity index (χ0n) is 13.5. The Balaban J connectivity index is 1.77. The molecule has 0 bridgehead atoms. The van der Waals surface area contributed by atoms with Gasteiger partial charge in [-0.05, 0) is 31.5 Å². The number of fused-ring (bicyclic) bond motifs is 5. The molecule has 0 saturated heterocycles. The summed E-state index contributed by atoms with van der Waals surface area (Å²) in [7, 11) is 0. The van der Waals surface area contributed by atoms with Crippen LogP contribution in [0.15, 0.2) is 43.0 Å². The predicted molar refractivity (Wildman–Crippen MR) is 90.5 cm³/mol. The Morgan fingerprint density at radius 2 is 1.71 bits per heavy atom. The second kappa shape index (κ2) is 4.67. The van der Waals surface area contributed by atoms with Crippen LogP contribution in [0.5, 0.6) is 0 Å². The van der Waals surface area contributed by atoms with Gasteiger partial charge in [0.1, 0.15) is 12.0 Å². The van der Waals surface area contributed by atoms with Gasteiger partial charge in [-0.2, -0.15) is 0 Å². The molecule has 0 fully saturated rings. The van der Waals surface area contributed by atoms with Crippen molar-refractivity contribution in [3.05, 3.63) is 65.6 Å². The van der Waals surface area contributed by atoms with Gasteiger partial charge >= 0.3 is 0 Å². The average molecular weight is 316 g/mol. The number of aryl methyl sites for hydroxylation is 2. The fourth-order valence-corrected chi connectivity index (χ4v) is 3.30. The van der Waals surface area contributed by atoms with E-state index in [-0.39, 0.29) is 0 Å². The van der Waals surface area contributed by atoms with Gasteiger partial charge in [-0.25, -0.2) is 15.0 Å². The Hall–Kier alpha value is -3.15. The highest BCUT2D eigenvalue weighted by molar-refractivity contribution is 5.62. The SMILES string of the molecule is Cc1cnc(-c2ncn3c2Cc2c(C)[nH]n2-c2ccccc2-3)nc1. The molecular weight excluding hydrogens is 300 g/mol. The molecule has 0 radical (unpaired) electrons. The van der Waals surface area contributed by atoms with E-state index in [9.17, 15) is 0 Å². The monoisotopic (exact) mass is 316 g/mol. The maximum absolute atomic E-state index is 4.62.